The first-order chi connectivity index (χ1) is 10.4. The molecule has 0 saturated carbocycles. The van der Waals surface area contributed by atoms with Gasteiger partial charge in [0.25, 0.3) is 0 Å². The molecule has 0 atom stereocenters. The van der Waals surface area contributed by atoms with E-state index < -0.39 is 8.07 Å². The maximum atomic E-state index is 2.39. The summed E-state index contributed by atoms with van der Waals surface area (Å²) in [5, 5.41) is 2.73. The maximum absolute atomic E-state index is 2.39. The predicted octanol–water partition coefficient (Wildman–Crippen LogP) is 4.17. The predicted molar refractivity (Wildman–Crippen MR) is 93.9 cm³/mol. The first-order valence-corrected chi connectivity index (χ1v) is 8.34. The number of hydrogen-bond donors (Lipinski definition) is 0. The van der Waals surface area contributed by atoms with Crippen LogP contribution in [0.2, 0.25) is 0 Å². The third-order valence-electron chi connectivity index (χ3n) is 3.43. The molecule has 3 rings (SSSR count). The van der Waals surface area contributed by atoms with Gasteiger partial charge in [-0.25, -0.2) is 0 Å². The Morgan fingerprint density at radius 2 is 0.952 bits per heavy atom. The molecule has 0 N–H and O–H groups in total. The molecule has 0 fully saturated rings. The van der Waals surface area contributed by atoms with Crippen LogP contribution < -0.4 is 15.3 Å². The first-order valence-electron chi connectivity index (χ1n) is 7.05. The van der Waals surface area contributed by atoms with Crippen LogP contribution in [0, 0.1) is 0 Å². The van der Waals surface area contributed by atoms with Crippen molar-refractivity contribution in [3.8, 4) is 0 Å². The summed E-state index contributed by atoms with van der Waals surface area (Å²) in [7, 11) is 1.63. The molecule has 0 spiro atoms. The Labute approximate surface area is 127 Å². The van der Waals surface area contributed by atoms with Gasteiger partial charge in [0, 0.05) is 23.3 Å². The fourth-order valence-electron chi connectivity index (χ4n) is 2.39. The molecule has 0 aromatic heterocycles. The average molecular weight is 291 g/mol. The highest BCUT2D eigenvalue weighted by Crippen LogP contribution is 2.40. The number of rotatable bonds is 4. The van der Waals surface area contributed by atoms with Crippen molar-refractivity contribution >= 4 is 24.4 Å². The van der Waals surface area contributed by atoms with Crippen molar-refractivity contribution in [3.05, 3.63) is 91.0 Å². The molecule has 3 aromatic carbocycles. The second-order valence-corrected chi connectivity index (χ2v) is 7.10. The minimum absolute atomic E-state index is 0.555. The van der Waals surface area contributed by atoms with E-state index in [1.807, 2.05) is 0 Å². The van der Waals surface area contributed by atoms with Crippen LogP contribution in [0.1, 0.15) is 0 Å². The lowest BCUT2D eigenvalue weighted by Gasteiger charge is -2.30. The Balaban J connectivity index is 2.05. The van der Waals surface area contributed by atoms with Crippen LogP contribution >= 0.6 is 8.07 Å². The molecular formula is C19H18NP. The van der Waals surface area contributed by atoms with Crippen molar-refractivity contribution in [1.29, 1.82) is 0 Å². The zero-order valence-electron chi connectivity index (χ0n) is 12.1. The van der Waals surface area contributed by atoms with Gasteiger partial charge in [-0.2, -0.15) is 0 Å². The summed E-state index contributed by atoms with van der Waals surface area (Å²) in [6.07, 6.45) is 0. The van der Waals surface area contributed by atoms with E-state index in [2.05, 4.69) is 103 Å². The fourth-order valence-corrected chi connectivity index (χ4v) is 4.66. The average Bonchev–Trinajstić information content (AvgIpc) is 2.58. The molecule has 21 heavy (non-hydrogen) atoms. The molecule has 0 saturated heterocycles. The summed E-state index contributed by atoms with van der Waals surface area (Å²) >= 11 is 0. The fraction of sp³-hybridized carbons (Fsp3) is 0.0526. The Morgan fingerprint density at radius 3 is 1.38 bits per heavy atom. The van der Waals surface area contributed by atoms with Gasteiger partial charge in [-0.15, -0.1) is 0 Å². The molecule has 0 bridgehead atoms. The Kier molecular flexibility index (Phi) is 4.33. The lowest BCUT2D eigenvalue weighted by Crippen LogP contribution is -2.25. The van der Waals surface area contributed by atoms with Gasteiger partial charge in [-0.1, -0.05) is 78.9 Å². The van der Waals surface area contributed by atoms with Crippen molar-refractivity contribution in [2.45, 2.75) is 0 Å². The minimum Gasteiger partial charge on any atom is -0.346 e. The van der Waals surface area contributed by atoms with E-state index >= 15 is 0 Å². The molecular weight excluding hydrogens is 273 g/mol. The molecule has 2 heteroatoms. The minimum atomic E-state index is -0.555. The van der Waals surface area contributed by atoms with Gasteiger partial charge in [0.2, 0.25) is 0 Å². The highest BCUT2D eigenvalue weighted by Gasteiger charge is 2.19. The lowest BCUT2D eigenvalue weighted by atomic mass is 10.3. The summed E-state index contributed by atoms with van der Waals surface area (Å²) in [5.41, 5.74) is 1.25. The van der Waals surface area contributed by atoms with E-state index in [0.717, 1.165) is 0 Å². The van der Waals surface area contributed by atoms with Gasteiger partial charge in [0.05, 0.1) is 8.07 Å². The Hall–Kier alpha value is -2.11. The largest absolute Gasteiger partial charge is 0.346 e. The van der Waals surface area contributed by atoms with Crippen LogP contribution in [0.3, 0.4) is 0 Å². The molecule has 3 aromatic rings. The molecule has 0 amide bonds. The van der Waals surface area contributed by atoms with E-state index in [1.54, 1.807) is 0 Å². The van der Waals surface area contributed by atoms with Crippen molar-refractivity contribution in [2.75, 3.05) is 11.7 Å². The third-order valence-corrected chi connectivity index (χ3v) is 5.84. The van der Waals surface area contributed by atoms with Gasteiger partial charge in [0.15, 0.2) is 0 Å². The molecule has 0 aliphatic heterocycles. The summed E-state index contributed by atoms with van der Waals surface area (Å²) in [5.74, 6) is 0. The maximum Gasteiger partial charge on any atom is 0.0547 e. The monoisotopic (exact) mass is 291 g/mol. The SMILES string of the molecule is CN(c1ccccc1)P(c1ccccc1)c1ccccc1. The van der Waals surface area contributed by atoms with Gasteiger partial charge in [-0.05, 0) is 12.1 Å². The molecule has 0 aliphatic carbocycles. The van der Waals surface area contributed by atoms with Gasteiger partial charge < -0.3 is 4.67 Å². The highest BCUT2D eigenvalue weighted by molar-refractivity contribution is 7.74. The van der Waals surface area contributed by atoms with Crippen LogP contribution in [0.5, 0.6) is 0 Å². The second-order valence-electron chi connectivity index (χ2n) is 4.84. The highest BCUT2D eigenvalue weighted by atomic mass is 31.1. The zero-order chi connectivity index (χ0) is 14.5. The molecule has 0 unspecified atom stereocenters. The smallest absolute Gasteiger partial charge is 0.0547 e. The second kappa shape index (κ2) is 6.56. The molecule has 0 aliphatic rings. The summed E-state index contributed by atoms with van der Waals surface area (Å²) in [6.45, 7) is 0. The van der Waals surface area contributed by atoms with E-state index in [1.165, 1.54) is 16.3 Å². The standard InChI is InChI=1S/C19H18NP/c1-20(17-11-5-2-6-12-17)21(18-13-7-3-8-14-18)19-15-9-4-10-16-19/h2-16H,1H3. The first kappa shape index (κ1) is 13.9. The lowest BCUT2D eigenvalue weighted by molar-refractivity contribution is 1.34. The molecule has 0 radical (unpaired) electrons. The van der Waals surface area contributed by atoms with Crippen molar-refractivity contribution < 1.29 is 0 Å². The van der Waals surface area contributed by atoms with E-state index in [9.17, 15) is 0 Å². The van der Waals surface area contributed by atoms with Gasteiger partial charge in [0.1, 0.15) is 0 Å². The molecule has 0 heterocycles. The number of para-hydroxylation sites is 1. The van der Waals surface area contributed by atoms with Crippen molar-refractivity contribution in [1.82, 2.24) is 0 Å². The molecule has 104 valence electrons. The number of nitrogens with zero attached hydrogens (tertiary/aromatic N) is 1. The quantitative estimate of drug-likeness (QED) is 0.652. The number of benzene rings is 3. The van der Waals surface area contributed by atoms with E-state index in [-0.39, 0.29) is 0 Å². The zero-order valence-corrected chi connectivity index (χ0v) is 12.9. The third kappa shape index (κ3) is 3.15. The topological polar surface area (TPSA) is 3.24 Å². The van der Waals surface area contributed by atoms with Gasteiger partial charge >= 0.3 is 0 Å². The summed E-state index contributed by atoms with van der Waals surface area (Å²) in [4.78, 5) is 0. The van der Waals surface area contributed by atoms with Crippen LogP contribution in [-0.2, 0) is 0 Å². The van der Waals surface area contributed by atoms with Crippen molar-refractivity contribution in [3.63, 3.8) is 0 Å². The van der Waals surface area contributed by atoms with E-state index in [4.69, 9.17) is 0 Å². The Morgan fingerprint density at radius 1 is 0.571 bits per heavy atom. The van der Waals surface area contributed by atoms with Crippen LogP contribution in [-0.4, -0.2) is 7.05 Å². The summed E-state index contributed by atoms with van der Waals surface area (Å²) in [6, 6.07) is 32.1. The number of anilines is 1. The molecule has 1 nitrogen and oxygen atoms in total. The van der Waals surface area contributed by atoms with Gasteiger partial charge in [-0.3, -0.25) is 0 Å². The van der Waals surface area contributed by atoms with Crippen LogP contribution in [0.4, 0.5) is 5.69 Å². The normalized spacial score (nSPS) is 10.6. The Bertz CT molecular complexity index is 628. The van der Waals surface area contributed by atoms with Crippen LogP contribution in [0.15, 0.2) is 91.0 Å². The van der Waals surface area contributed by atoms with E-state index in [0.29, 0.717) is 0 Å². The number of hydrogen-bond acceptors (Lipinski definition) is 1. The van der Waals surface area contributed by atoms with Crippen LogP contribution in [0.25, 0.3) is 0 Å². The van der Waals surface area contributed by atoms with Crippen molar-refractivity contribution in [2.24, 2.45) is 0 Å². The summed E-state index contributed by atoms with van der Waals surface area (Å²) < 4.78 is 2.39.